The maximum absolute atomic E-state index is 14.3. The number of pyridine rings is 1. The molecule has 0 radical (unpaired) electrons. The molecule has 0 aliphatic rings. The summed E-state index contributed by atoms with van der Waals surface area (Å²) < 4.78 is 49.7. The first-order chi connectivity index (χ1) is 15.6. The number of imidazole rings is 1. The molecule has 4 rings (SSSR count). The molecule has 0 bridgehead atoms. The Morgan fingerprint density at radius 3 is 2.55 bits per heavy atom. The van der Waals surface area contributed by atoms with Gasteiger partial charge >= 0.3 is 0 Å². The van der Waals surface area contributed by atoms with E-state index in [0.717, 1.165) is 16.6 Å². The number of nitrogen functional groups attached to an aromatic ring is 1. The maximum atomic E-state index is 14.3. The second-order valence-corrected chi connectivity index (χ2v) is 9.61. The van der Waals surface area contributed by atoms with Crippen molar-refractivity contribution in [2.45, 2.75) is 31.7 Å². The first kappa shape index (κ1) is 22.5. The van der Waals surface area contributed by atoms with Crippen LogP contribution in [0.5, 0.6) is 5.88 Å². The average Bonchev–Trinajstić information content (AvgIpc) is 3.08. The zero-order chi connectivity index (χ0) is 23.9. The fraction of sp³-hybridized carbons (Fsp3) is 0.217. The average molecular weight is 470 g/mol. The minimum absolute atomic E-state index is 0.0624. The number of nitrogens with zero attached hydrogens (tertiary/aromatic N) is 3. The molecular weight excluding hydrogens is 445 g/mol. The molecule has 0 unspecified atom stereocenters. The number of benzene rings is 2. The minimum Gasteiger partial charge on any atom is -0.480 e. The standard InChI is InChI=1S/C23H24FN5O3S/c1-13(2)29-20-11-15(6-7-18(20)27-23(29)25)16-10-19(22(32-4)26-12-16)28-33(30,31)21-8-5-14(3)9-17(21)24/h5-13,28H,1-4H3,(H2,25,27). The molecular formula is C23H24FN5O3S. The van der Waals surface area contributed by atoms with Crippen LogP contribution in [-0.4, -0.2) is 30.1 Å². The highest BCUT2D eigenvalue weighted by Crippen LogP contribution is 2.33. The van der Waals surface area contributed by atoms with Crippen molar-refractivity contribution in [3.05, 3.63) is 60.0 Å². The SMILES string of the molecule is COc1ncc(-c2ccc3nc(N)n(C(C)C)c3c2)cc1NS(=O)(=O)c1ccc(C)cc1F. The van der Waals surface area contributed by atoms with E-state index >= 15 is 0 Å². The van der Waals surface area contributed by atoms with E-state index in [4.69, 9.17) is 10.5 Å². The van der Waals surface area contributed by atoms with Crippen LogP contribution in [0.4, 0.5) is 16.0 Å². The van der Waals surface area contributed by atoms with Gasteiger partial charge in [0.25, 0.3) is 10.0 Å². The van der Waals surface area contributed by atoms with Crippen molar-refractivity contribution in [1.29, 1.82) is 0 Å². The smallest absolute Gasteiger partial charge is 0.264 e. The van der Waals surface area contributed by atoms with Gasteiger partial charge in [0.15, 0.2) is 0 Å². The molecule has 2 aromatic heterocycles. The van der Waals surface area contributed by atoms with Gasteiger partial charge in [-0.25, -0.2) is 22.8 Å². The predicted molar refractivity (Wildman–Crippen MR) is 126 cm³/mol. The van der Waals surface area contributed by atoms with Crippen molar-refractivity contribution in [3.8, 4) is 17.0 Å². The van der Waals surface area contributed by atoms with E-state index in [1.165, 1.54) is 25.3 Å². The Bertz CT molecular complexity index is 1460. The molecule has 4 aromatic rings. The van der Waals surface area contributed by atoms with E-state index in [1.807, 2.05) is 36.6 Å². The number of nitrogens with two attached hydrogens (primary N) is 1. The summed E-state index contributed by atoms with van der Waals surface area (Å²) in [6.07, 6.45) is 1.57. The van der Waals surface area contributed by atoms with Gasteiger partial charge in [0.05, 0.1) is 18.1 Å². The second-order valence-electron chi connectivity index (χ2n) is 7.96. The molecule has 0 saturated carbocycles. The van der Waals surface area contributed by atoms with Gasteiger partial charge in [0.2, 0.25) is 11.8 Å². The lowest BCUT2D eigenvalue weighted by Gasteiger charge is -2.14. The van der Waals surface area contributed by atoms with Gasteiger partial charge in [-0.3, -0.25) is 4.72 Å². The number of nitrogens with one attached hydrogen (secondary N) is 1. The van der Waals surface area contributed by atoms with Gasteiger partial charge in [-0.05, 0) is 62.2 Å². The highest BCUT2D eigenvalue weighted by Gasteiger charge is 2.22. The number of anilines is 2. The third-order valence-electron chi connectivity index (χ3n) is 5.23. The van der Waals surface area contributed by atoms with Crippen LogP contribution in [0.2, 0.25) is 0 Å². The quantitative estimate of drug-likeness (QED) is 0.429. The summed E-state index contributed by atoms with van der Waals surface area (Å²) in [6, 6.07) is 11.2. The maximum Gasteiger partial charge on any atom is 0.264 e. The van der Waals surface area contributed by atoms with Gasteiger partial charge in [0.1, 0.15) is 16.4 Å². The van der Waals surface area contributed by atoms with Crippen LogP contribution < -0.4 is 15.2 Å². The Morgan fingerprint density at radius 2 is 1.88 bits per heavy atom. The number of halogens is 1. The lowest BCUT2D eigenvalue weighted by molar-refractivity contribution is 0.400. The van der Waals surface area contributed by atoms with Crippen LogP contribution in [0.25, 0.3) is 22.2 Å². The summed E-state index contributed by atoms with van der Waals surface area (Å²) in [4.78, 5) is 8.17. The molecule has 10 heteroatoms. The van der Waals surface area contributed by atoms with E-state index < -0.39 is 20.7 Å². The van der Waals surface area contributed by atoms with Gasteiger partial charge in [-0.1, -0.05) is 12.1 Å². The number of ether oxygens (including phenoxy) is 1. The molecule has 3 N–H and O–H groups in total. The molecule has 172 valence electrons. The Balaban J connectivity index is 1.78. The number of hydrogen-bond acceptors (Lipinski definition) is 6. The third-order valence-corrected chi connectivity index (χ3v) is 6.63. The number of sulfonamides is 1. The first-order valence-corrected chi connectivity index (χ1v) is 11.7. The van der Waals surface area contributed by atoms with Crippen LogP contribution in [0, 0.1) is 12.7 Å². The van der Waals surface area contributed by atoms with Crippen molar-refractivity contribution < 1.29 is 17.5 Å². The Labute approximate surface area is 191 Å². The van der Waals surface area contributed by atoms with Gasteiger partial charge in [-0.2, -0.15) is 0 Å². The number of aromatic nitrogens is 3. The van der Waals surface area contributed by atoms with Crippen LogP contribution in [0.3, 0.4) is 0 Å². The number of methoxy groups -OCH3 is 1. The Kier molecular flexibility index (Phi) is 5.71. The first-order valence-electron chi connectivity index (χ1n) is 10.2. The van der Waals surface area contributed by atoms with Crippen molar-refractivity contribution >= 4 is 32.7 Å². The third kappa shape index (κ3) is 4.21. The van der Waals surface area contributed by atoms with E-state index in [1.54, 1.807) is 19.2 Å². The summed E-state index contributed by atoms with van der Waals surface area (Å²) in [5, 5.41) is 0. The van der Waals surface area contributed by atoms with Crippen LogP contribution >= 0.6 is 0 Å². The molecule has 0 amide bonds. The van der Waals surface area contributed by atoms with Crippen LogP contribution in [0.15, 0.2) is 53.6 Å². The zero-order valence-corrected chi connectivity index (χ0v) is 19.4. The van der Waals surface area contributed by atoms with Crippen molar-refractivity contribution in [2.24, 2.45) is 0 Å². The molecule has 0 fully saturated rings. The normalized spacial score (nSPS) is 11.8. The van der Waals surface area contributed by atoms with E-state index in [2.05, 4.69) is 14.7 Å². The zero-order valence-electron chi connectivity index (χ0n) is 18.6. The Hall–Kier alpha value is -3.66. The molecule has 33 heavy (non-hydrogen) atoms. The summed E-state index contributed by atoms with van der Waals surface area (Å²) in [6.45, 7) is 5.70. The van der Waals surface area contributed by atoms with Crippen LogP contribution in [0.1, 0.15) is 25.5 Å². The minimum atomic E-state index is -4.22. The number of hydrogen-bond donors (Lipinski definition) is 2. The van der Waals surface area contributed by atoms with Crippen LogP contribution in [-0.2, 0) is 10.0 Å². The van der Waals surface area contributed by atoms with Gasteiger partial charge in [0, 0.05) is 17.8 Å². The van der Waals surface area contributed by atoms with Crippen molar-refractivity contribution in [3.63, 3.8) is 0 Å². The molecule has 0 saturated heterocycles. The van der Waals surface area contributed by atoms with Crippen molar-refractivity contribution in [1.82, 2.24) is 14.5 Å². The lowest BCUT2D eigenvalue weighted by atomic mass is 10.1. The van der Waals surface area contributed by atoms with Gasteiger partial charge < -0.3 is 15.0 Å². The highest BCUT2D eigenvalue weighted by atomic mass is 32.2. The molecule has 0 aliphatic heterocycles. The largest absolute Gasteiger partial charge is 0.480 e. The number of aryl methyl sites for hydroxylation is 1. The predicted octanol–water partition coefficient (Wildman–Crippen LogP) is 4.52. The summed E-state index contributed by atoms with van der Waals surface area (Å²) >= 11 is 0. The summed E-state index contributed by atoms with van der Waals surface area (Å²) in [5.74, 6) is -0.360. The molecule has 2 aromatic carbocycles. The Morgan fingerprint density at radius 1 is 1.12 bits per heavy atom. The van der Waals surface area contributed by atoms with Gasteiger partial charge in [-0.15, -0.1) is 0 Å². The highest BCUT2D eigenvalue weighted by molar-refractivity contribution is 7.92. The topological polar surface area (TPSA) is 112 Å². The van der Waals surface area contributed by atoms with E-state index in [0.29, 0.717) is 17.1 Å². The van der Waals surface area contributed by atoms with E-state index in [9.17, 15) is 12.8 Å². The summed E-state index contributed by atoms with van der Waals surface area (Å²) in [5.41, 5.74) is 9.78. The fourth-order valence-corrected chi connectivity index (χ4v) is 4.81. The number of rotatable bonds is 6. The monoisotopic (exact) mass is 469 g/mol. The molecule has 0 atom stereocenters. The molecule has 8 nitrogen and oxygen atoms in total. The molecule has 0 spiro atoms. The summed E-state index contributed by atoms with van der Waals surface area (Å²) in [7, 11) is -2.84. The number of fused-ring (bicyclic) bond motifs is 1. The van der Waals surface area contributed by atoms with Crippen molar-refractivity contribution in [2.75, 3.05) is 17.6 Å². The lowest BCUT2D eigenvalue weighted by Crippen LogP contribution is -2.15. The molecule has 2 heterocycles. The molecule has 0 aliphatic carbocycles. The van der Waals surface area contributed by atoms with E-state index in [-0.39, 0.29) is 17.6 Å². The second kappa shape index (κ2) is 8.36. The fourth-order valence-electron chi connectivity index (χ4n) is 3.70.